The normalized spacial score (nSPS) is 11.0. The van der Waals surface area contributed by atoms with Gasteiger partial charge < -0.3 is 8.98 Å². The number of carbonyl (C=O) groups is 1. The molecule has 0 saturated heterocycles. The van der Waals surface area contributed by atoms with Gasteiger partial charge in [0.15, 0.2) is 16.8 Å². The lowest BCUT2D eigenvalue weighted by Crippen LogP contribution is -2.06. The third-order valence-corrected chi connectivity index (χ3v) is 6.38. The Kier molecular flexibility index (Phi) is 6.23. The van der Waals surface area contributed by atoms with Crippen LogP contribution in [0.15, 0.2) is 83.0 Å². The van der Waals surface area contributed by atoms with Gasteiger partial charge in [0.25, 0.3) is 0 Å². The second-order valence-corrected chi connectivity index (χ2v) is 8.53. The first-order valence-electron chi connectivity index (χ1n) is 10.7. The monoisotopic (exact) mass is 468 g/mol. The standard InChI is InChI=1S/C25H20N6O2S/c26-10-5-12-30-16-21(20-8-1-2-9-22(20)30)23(32)17-34-25-29-28-24(18-6-3-11-27-14-18)31(25)15-19-7-4-13-33-19/h1-4,6-9,11,13-14,16H,5,12,15,17H2. The quantitative estimate of drug-likeness (QED) is 0.226. The molecule has 168 valence electrons. The zero-order valence-electron chi connectivity index (χ0n) is 18.2. The van der Waals surface area contributed by atoms with Gasteiger partial charge in [-0.25, -0.2) is 0 Å². The molecule has 0 aliphatic rings. The van der Waals surface area contributed by atoms with E-state index in [1.165, 1.54) is 11.8 Å². The number of benzene rings is 1. The number of aromatic nitrogens is 5. The fourth-order valence-electron chi connectivity index (χ4n) is 3.84. The van der Waals surface area contributed by atoms with Crippen molar-refractivity contribution in [2.24, 2.45) is 0 Å². The predicted octanol–water partition coefficient (Wildman–Crippen LogP) is 4.82. The first-order chi connectivity index (χ1) is 16.7. The zero-order chi connectivity index (χ0) is 23.3. The average Bonchev–Trinajstić information content (AvgIpc) is 3.62. The molecule has 1 aromatic carbocycles. The van der Waals surface area contributed by atoms with Crippen LogP contribution in [0, 0.1) is 11.3 Å². The average molecular weight is 469 g/mol. The highest BCUT2D eigenvalue weighted by Gasteiger charge is 2.19. The number of pyridine rings is 1. The molecule has 5 aromatic rings. The maximum Gasteiger partial charge on any atom is 0.192 e. The smallest absolute Gasteiger partial charge is 0.192 e. The molecule has 0 radical (unpaired) electrons. The molecule has 0 aliphatic heterocycles. The summed E-state index contributed by atoms with van der Waals surface area (Å²) in [7, 11) is 0. The molecule has 0 bridgehead atoms. The van der Waals surface area contributed by atoms with Gasteiger partial charge >= 0.3 is 0 Å². The van der Waals surface area contributed by atoms with Crippen LogP contribution in [0.5, 0.6) is 0 Å². The van der Waals surface area contributed by atoms with Crippen molar-refractivity contribution in [2.75, 3.05) is 5.75 Å². The van der Waals surface area contributed by atoms with Gasteiger partial charge in [-0.15, -0.1) is 10.2 Å². The van der Waals surface area contributed by atoms with Crippen LogP contribution in [-0.2, 0) is 13.1 Å². The lowest BCUT2D eigenvalue weighted by Gasteiger charge is -2.08. The minimum absolute atomic E-state index is 0.00705. The number of nitrogens with zero attached hydrogens (tertiary/aromatic N) is 6. The highest BCUT2D eigenvalue weighted by Crippen LogP contribution is 2.28. The molecule has 0 unspecified atom stereocenters. The number of ketones is 1. The Balaban J connectivity index is 1.42. The highest BCUT2D eigenvalue weighted by molar-refractivity contribution is 7.99. The number of fused-ring (bicyclic) bond motifs is 1. The summed E-state index contributed by atoms with van der Waals surface area (Å²) in [5.41, 5.74) is 2.43. The molecule has 0 N–H and O–H groups in total. The van der Waals surface area contributed by atoms with E-state index in [0.29, 0.717) is 36.1 Å². The first kappa shape index (κ1) is 21.7. The number of hydrogen-bond acceptors (Lipinski definition) is 7. The molecule has 4 aromatic heterocycles. The van der Waals surface area contributed by atoms with Crippen molar-refractivity contribution in [1.29, 1.82) is 5.26 Å². The fourth-order valence-corrected chi connectivity index (χ4v) is 4.66. The minimum Gasteiger partial charge on any atom is -0.467 e. The van der Waals surface area contributed by atoms with Gasteiger partial charge in [0.1, 0.15) is 5.76 Å². The van der Waals surface area contributed by atoms with Gasteiger partial charge in [0, 0.05) is 47.2 Å². The van der Waals surface area contributed by atoms with Crippen LogP contribution >= 0.6 is 11.8 Å². The Labute approximate surface area is 199 Å². The van der Waals surface area contributed by atoms with Crippen molar-refractivity contribution in [3.05, 3.63) is 84.7 Å². The second kappa shape index (κ2) is 9.77. The zero-order valence-corrected chi connectivity index (χ0v) is 19.0. The SMILES string of the molecule is N#CCCn1cc(C(=O)CSc2nnc(-c3cccnc3)n2Cc2ccco2)c2ccccc21. The summed E-state index contributed by atoms with van der Waals surface area (Å²) >= 11 is 1.34. The molecule has 9 heteroatoms. The molecular weight excluding hydrogens is 448 g/mol. The van der Waals surface area contributed by atoms with E-state index in [1.807, 2.05) is 63.9 Å². The summed E-state index contributed by atoms with van der Waals surface area (Å²) in [6.45, 7) is 0.984. The first-order valence-corrected chi connectivity index (χ1v) is 11.7. The van der Waals surface area contributed by atoms with E-state index in [0.717, 1.165) is 22.2 Å². The van der Waals surface area contributed by atoms with Crippen LogP contribution < -0.4 is 0 Å². The molecule has 0 aliphatic carbocycles. The molecule has 0 atom stereocenters. The van der Waals surface area contributed by atoms with E-state index in [1.54, 1.807) is 18.7 Å². The number of carbonyl (C=O) groups excluding carboxylic acids is 1. The molecule has 5 rings (SSSR count). The van der Waals surface area contributed by atoms with Gasteiger partial charge in [-0.3, -0.25) is 14.3 Å². The summed E-state index contributed by atoms with van der Waals surface area (Å²) in [5, 5.41) is 19.2. The summed E-state index contributed by atoms with van der Waals surface area (Å²) in [5.74, 6) is 1.62. The molecule has 4 heterocycles. The lowest BCUT2D eigenvalue weighted by atomic mass is 10.1. The van der Waals surface area contributed by atoms with E-state index in [9.17, 15) is 4.79 Å². The van der Waals surface area contributed by atoms with Crippen molar-refractivity contribution >= 4 is 28.4 Å². The number of para-hydroxylation sites is 1. The van der Waals surface area contributed by atoms with E-state index in [-0.39, 0.29) is 11.5 Å². The van der Waals surface area contributed by atoms with E-state index < -0.39 is 0 Å². The Hall–Kier alpha value is -4.16. The van der Waals surface area contributed by atoms with Crippen LogP contribution in [0.1, 0.15) is 22.5 Å². The number of hydrogen-bond donors (Lipinski definition) is 0. The highest BCUT2D eigenvalue weighted by atomic mass is 32.2. The number of aryl methyl sites for hydroxylation is 1. The largest absolute Gasteiger partial charge is 0.467 e. The number of nitriles is 1. The second-order valence-electron chi connectivity index (χ2n) is 7.59. The molecule has 34 heavy (non-hydrogen) atoms. The molecule has 0 fully saturated rings. The Morgan fingerprint density at radius 3 is 2.82 bits per heavy atom. The van der Waals surface area contributed by atoms with Crippen molar-refractivity contribution in [2.45, 2.75) is 24.7 Å². The minimum atomic E-state index is -0.00705. The lowest BCUT2D eigenvalue weighted by molar-refractivity contribution is 0.102. The van der Waals surface area contributed by atoms with E-state index >= 15 is 0 Å². The third-order valence-electron chi connectivity index (χ3n) is 5.42. The third kappa shape index (κ3) is 4.36. The number of Topliss-reactive ketones (excluding diaryl/α,β-unsaturated/α-hetero) is 1. The van der Waals surface area contributed by atoms with Crippen LogP contribution in [-0.4, -0.2) is 35.9 Å². The number of furan rings is 1. The summed E-state index contributed by atoms with van der Waals surface area (Å²) in [6, 6.07) is 17.4. The Morgan fingerprint density at radius 2 is 2.03 bits per heavy atom. The Morgan fingerprint density at radius 1 is 1.12 bits per heavy atom. The van der Waals surface area contributed by atoms with Crippen LogP contribution in [0.25, 0.3) is 22.3 Å². The maximum atomic E-state index is 13.2. The van der Waals surface area contributed by atoms with Gasteiger partial charge in [-0.1, -0.05) is 30.0 Å². The number of thioether (sulfide) groups is 1. The van der Waals surface area contributed by atoms with Crippen LogP contribution in [0.4, 0.5) is 0 Å². The molecule has 0 spiro atoms. The van der Waals surface area contributed by atoms with Crippen molar-refractivity contribution in [1.82, 2.24) is 24.3 Å². The van der Waals surface area contributed by atoms with Crippen molar-refractivity contribution in [3.8, 4) is 17.5 Å². The molecule has 8 nitrogen and oxygen atoms in total. The van der Waals surface area contributed by atoms with Crippen LogP contribution in [0.3, 0.4) is 0 Å². The summed E-state index contributed by atoms with van der Waals surface area (Å²) < 4.78 is 9.44. The summed E-state index contributed by atoms with van der Waals surface area (Å²) in [6.07, 6.45) is 7.30. The molecular formula is C25H20N6O2S. The fraction of sp³-hybridized carbons (Fsp3) is 0.160. The van der Waals surface area contributed by atoms with Crippen molar-refractivity contribution < 1.29 is 9.21 Å². The summed E-state index contributed by atoms with van der Waals surface area (Å²) in [4.78, 5) is 17.4. The maximum absolute atomic E-state index is 13.2. The van der Waals surface area contributed by atoms with Gasteiger partial charge in [-0.2, -0.15) is 5.26 Å². The van der Waals surface area contributed by atoms with E-state index in [2.05, 4.69) is 21.3 Å². The van der Waals surface area contributed by atoms with Gasteiger partial charge in [-0.05, 0) is 30.3 Å². The van der Waals surface area contributed by atoms with E-state index in [4.69, 9.17) is 9.68 Å². The molecule has 0 amide bonds. The number of rotatable bonds is 9. The predicted molar refractivity (Wildman–Crippen MR) is 128 cm³/mol. The Bertz CT molecular complexity index is 1460. The van der Waals surface area contributed by atoms with Crippen LogP contribution in [0.2, 0.25) is 0 Å². The topological polar surface area (TPSA) is 103 Å². The van der Waals surface area contributed by atoms with Crippen molar-refractivity contribution in [3.63, 3.8) is 0 Å². The van der Waals surface area contributed by atoms with Gasteiger partial charge in [0.2, 0.25) is 0 Å². The molecule has 0 saturated carbocycles. The van der Waals surface area contributed by atoms with Gasteiger partial charge in [0.05, 0.1) is 31.1 Å².